The highest BCUT2D eigenvalue weighted by molar-refractivity contribution is 9.10. The van der Waals surface area contributed by atoms with Crippen molar-refractivity contribution in [3.63, 3.8) is 0 Å². The lowest BCUT2D eigenvalue weighted by Gasteiger charge is -2.02. The van der Waals surface area contributed by atoms with Gasteiger partial charge in [0.05, 0.1) is 5.56 Å². The minimum absolute atomic E-state index is 0.0146. The Kier molecular flexibility index (Phi) is 2.88. The third kappa shape index (κ3) is 1.98. The van der Waals surface area contributed by atoms with Gasteiger partial charge in [0, 0.05) is 0 Å². The summed E-state index contributed by atoms with van der Waals surface area (Å²) in [5.74, 6) is -1.26. The smallest absolute Gasteiger partial charge is 0.237 e. The Labute approximate surface area is 80.1 Å². The van der Waals surface area contributed by atoms with Gasteiger partial charge >= 0.3 is 0 Å². The molecule has 0 aliphatic heterocycles. The molecule has 0 saturated carbocycles. The van der Waals surface area contributed by atoms with Gasteiger partial charge in [-0.15, -0.1) is 0 Å². The second-order valence-corrected chi connectivity index (χ2v) is 2.92. The van der Waals surface area contributed by atoms with Crippen LogP contribution in [0.25, 0.3) is 0 Å². The van der Waals surface area contributed by atoms with Crippen molar-refractivity contribution >= 4 is 15.9 Å². The Morgan fingerprint density at radius 1 is 1.54 bits per heavy atom. The summed E-state index contributed by atoms with van der Waals surface area (Å²) >= 11 is 2.79. The maximum Gasteiger partial charge on any atom is 0.283 e. The van der Waals surface area contributed by atoms with Crippen molar-refractivity contribution in [1.82, 2.24) is 4.98 Å². The van der Waals surface area contributed by atoms with Crippen LogP contribution in [0, 0.1) is 17.1 Å². The van der Waals surface area contributed by atoms with Crippen molar-refractivity contribution in [3.05, 3.63) is 27.7 Å². The number of pyridine rings is 1. The van der Waals surface area contributed by atoms with Crippen molar-refractivity contribution < 1.29 is 13.2 Å². The van der Waals surface area contributed by atoms with E-state index in [2.05, 4.69) is 20.9 Å². The van der Waals surface area contributed by atoms with E-state index in [0.717, 1.165) is 6.07 Å². The van der Waals surface area contributed by atoms with Crippen LogP contribution in [0.1, 0.15) is 17.7 Å². The van der Waals surface area contributed by atoms with E-state index in [1.54, 1.807) is 0 Å². The molecule has 0 N–H and O–H groups in total. The predicted octanol–water partition coefficient (Wildman–Crippen LogP) is 2.79. The molecule has 1 aromatic rings. The molecule has 0 unspecified atom stereocenters. The normalized spacial score (nSPS) is 10.2. The molecular formula is C7H2BrF3N2. The molecule has 0 aliphatic rings. The lowest BCUT2D eigenvalue weighted by molar-refractivity contribution is 0.140. The van der Waals surface area contributed by atoms with Crippen LogP contribution in [0.3, 0.4) is 0 Å². The molecule has 0 radical (unpaired) electrons. The summed E-state index contributed by atoms with van der Waals surface area (Å²) in [5, 5.41) is 8.37. The zero-order valence-electron chi connectivity index (χ0n) is 6.06. The molecule has 0 spiro atoms. The standard InChI is InChI=1S/C7H2BrF3N2/c8-4-1-3(2-12)5(9)6(13-4)7(10)11/h1,7H. The molecule has 1 aromatic heterocycles. The van der Waals surface area contributed by atoms with E-state index in [1.165, 1.54) is 6.07 Å². The molecule has 2 nitrogen and oxygen atoms in total. The fourth-order valence-electron chi connectivity index (χ4n) is 0.743. The van der Waals surface area contributed by atoms with Crippen LogP contribution < -0.4 is 0 Å². The van der Waals surface area contributed by atoms with E-state index >= 15 is 0 Å². The van der Waals surface area contributed by atoms with Gasteiger partial charge in [-0.1, -0.05) is 0 Å². The zero-order valence-corrected chi connectivity index (χ0v) is 7.65. The number of nitrogens with zero attached hydrogens (tertiary/aromatic N) is 2. The Morgan fingerprint density at radius 3 is 2.62 bits per heavy atom. The van der Waals surface area contributed by atoms with E-state index in [-0.39, 0.29) is 4.60 Å². The van der Waals surface area contributed by atoms with E-state index < -0.39 is 23.5 Å². The Hall–Kier alpha value is -1.09. The lowest BCUT2D eigenvalue weighted by atomic mass is 10.2. The van der Waals surface area contributed by atoms with Gasteiger partial charge < -0.3 is 0 Å². The number of nitriles is 1. The Balaban J connectivity index is 3.38. The fraction of sp³-hybridized carbons (Fsp3) is 0.143. The molecule has 0 fully saturated rings. The third-order valence-corrected chi connectivity index (χ3v) is 1.69. The van der Waals surface area contributed by atoms with Gasteiger partial charge in [-0.25, -0.2) is 18.2 Å². The monoisotopic (exact) mass is 250 g/mol. The van der Waals surface area contributed by atoms with Crippen LogP contribution in [0.5, 0.6) is 0 Å². The first kappa shape index (κ1) is 9.99. The summed E-state index contributed by atoms with van der Waals surface area (Å²) in [6.45, 7) is 0. The molecule has 68 valence electrons. The van der Waals surface area contributed by atoms with Crippen LogP contribution in [0.2, 0.25) is 0 Å². The summed E-state index contributed by atoms with van der Waals surface area (Å²) in [6, 6.07) is 2.50. The summed E-state index contributed by atoms with van der Waals surface area (Å²) in [7, 11) is 0. The number of hydrogen-bond donors (Lipinski definition) is 0. The first-order valence-electron chi connectivity index (χ1n) is 3.10. The minimum Gasteiger partial charge on any atom is -0.237 e. The van der Waals surface area contributed by atoms with Gasteiger partial charge in [-0.3, -0.25) is 0 Å². The molecule has 13 heavy (non-hydrogen) atoms. The highest BCUT2D eigenvalue weighted by Gasteiger charge is 2.19. The molecule has 6 heteroatoms. The van der Waals surface area contributed by atoms with Crippen molar-refractivity contribution in [3.8, 4) is 6.07 Å². The van der Waals surface area contributed by atoms with E-state index in [9.17, 15) is 13.2 Å². The van der Waals surface area contributed by atoms with Gasteiger partial charge in [0.1, 0.15) is 16.4 Å². The van der Waals surface area contributed by atoms with Crippen molar-refractivity contribution in [1.29, 1.82) is 5.26 Å². The maximum atomic E-state index is 12.9. The van der Waals surface area contributed by atoms with E-state index in [1.807, 2.05) is 0 Å². The van der Waals surface area contributed by atoms with Crippen LogP contribution in [0.15, 0.2) is 10.7 Å². The average Bonchev–Trinajstić information content (AvgIpc) is 2.08. The predicted molar refractivity (Wildman–Crippen MR) is 41.6 cm³/mol. The minimum atomic E-state index is -3.02. The number of hydrogen-bond acceptors (Lipinski definition) is 2. The fourth-order valence-corrected chi connectivity index (χ4v) is 1.16. The SMILES string of the molecule is N#Cc1cc(Br)nc(C(F)F)c1F. The van der Waals surface area contributed by atoms with E-state index in [4.69, 9.17) is 5.26 Å². The number of rotatable bonds is 1. The molecule has 0 aromatic carbocycles. The maximum absolute atomic E-state index is 12.9. The summed E-state index contributed by atoms with van der Waals surface area (Å²) in [6.07, 6.45) is -3.02. The molecule has 0 aliphatic carbocycles. The largest absolute Gasteiger partial charge is 0.283 e. The van der Waals surface area contributed by atoms with Gasteiger partial charge in [0.2, 0.25) is 0 Å². The second-order valence-electron chi connectivity index (χ2n) is 2.10. The number of halogens is 4. The Morgan fingerprint density at radius 2 is 2.15 bits per heavy atom. The lowest BCUT2D eigenvalue weighted by Crippen LogP contribution is -1.99. The number of aromatic nitrogens is 1. The number of alkyl halides is 2. The van der Waals surface area contributed by atoms with Crippen LogP contribution in [0.4, 0.5) is 13.2 Å². The summed E-state index contributed by atoms with van der Waals surface area (Å²) in [5.41, 5.74) is -1.46. The summed E-state index contributed by atoms with van der Waals surface area (Å²) < 4.78 is 37.1. The second kappa shape index (κ2) is 3.75. The molecule has 0 amide bonds. The quantitative estimate of drug-likeness (QED) is 0.719. The first-order chi connectivity index (χ1) is 6.06. The first-order valence-corrected chi connectivity index (χ1v) is 3.89. The van der Waals surface area contributed by atoms with Crippen LogP contribution in [-0.4, -0.2) is 4.98 Å². The molecule has 1 rings (SSSR count). The van der Waals surface area contributed by atoms with Crippen molar-refractivity contribution in [2.75, 3.05) is 0 Å². The van der Waals surface area contributed by atoms with Gasteiger partial charge in [-0.05, 0) is 22.0 Å². The third-order valence-electron chi connectivity index (χ3n) is 1.28. The molecule has 0 atom stereocenters. The topological polar surface area (TPSA) is 36.7 Å². The van der Waals surface area contributed by atoms with Crippen molar-refractivity contribution in [2.24, 2.45) is 0 Å². The summed E-state index contributed by atoms with van der Waals surface area (Å²) in [4.78, 5) is 3.22. The molecule has 1 heterocycles. The van der Waals surface area contributed by atoms with Gasteiger partial charge in [0.15, 0.2) is 5.82 Å². The molecule has 0 saturated heterocycles. The van der Waals surface area contributed by atoms with Crippen molar-refractivity contribution in [2.45, 2.75) is 6.43 Å². The average molecular weight is 251 g/mol. The van der Waals surface area contributed by atoms with Crippen LogP contribution >= 0.6 is 15.9 Å². The van der Waals surface area contributed by atoms with Gasteiger partial charge in [0.25, 0.3) is 6.43 Å². The highest BCUT2D eigenvalue weighted by atomic mass is 79.9. The van der Waals surface area contributed by atoms with Crippen LogP contribution in [-0.2, 0) is 0 Å². The molecular weight excluding hydrogens is 249 g/mol. The molecule has 0 bridgehead atoms. The van der Waals surface area contributed by atoms with Gasteiger partial charge in [-0.2, -0.15) is 5.26 Å². The highest BCUT2D eigenvalue weighted by Crippen LogP contribution is 2.24. The van der Waals surface area contributed by atoms with E-state index in [0.29, 0.717) is 0 Å². The Bertz CT molecular complexity index is 373. The zero-order chi connectivity index (χ0) is 10.0.